The quantitative estimate of drug-likeness (QED) is 0.645. The summed E-state index contributed by atoms with van der Waals surface area (Å²) in [6.07, 6.45) is 17.0. The largest absolute Gasteiger partial charge is 0.360 e. The summed E-state index contributed by atoms with van der Waals surface area (Å²) < 4.78 is 0. The van der Waals surface area contributed by atoms with Gasteiger partial charge in [0.15, 0.2) is 0 Å². The fourth-order valence-electron chi connectivity index (χ4n) is 4.12. The average molecular weight is 319 g/mol. The van der Waals surface area contributed by atoms with Gasteiger partial charge in [-0.3, -0.25) is 0 Å². The molecule has 1 aromatic carbocycles. The van der Waals surface area contributed by atoms with Crippen molar-refractivity contribution in [3.63, 3.8) is 0 Å². The monoisotopic (exact) mass is 319 g/mol. The molecule has 1 N–H and O–H groups in total. The Morgan fingerprint density at radius 2 is 2.21 bits per heavy atom. The highest BCUT2D eigenvalue weighted by Gasteiger charge is 2.37. The summed E-state index contributed by atoms with van der Waals surface area (Å²) in [5, 5.41) is 3.47. The van der Waals surface area contributed by atoms with Gasteiger partial charge in [0.2, 0.25) is 0 Å². The van der Waals surface area contributed by atoms with Crippen molar-refractivity contribution in [2.45, 2.75) is 51.4 Å². The molecule has 126 valence electrons. The third kappa shape index (κ3) is 3.40. The van der Waals surface area contributed by atoms with Gasteiger partial charge in [-0.05, 0) is 60.6 Å². The molecule has 1 unspecified atom stereocenters. The van der Waals surface area contributed by atoms with E-state index in [1.165, 1.54) is 23.2 Å². The predicted octanol–water partition coefficient (Wildman–Crippen LogP) is 6.11. The molecule has 24 heavy (non-hydrogen) atoms. The molecule has 0 radical (unpaired) electrons. The fraction of sp³-hybridized carbons (Fsp3) is 0.391. The highest BCUT2D eigenvalue weighted by molar-refractivity contribution is 5.59. The van der Waals surface area contributed by atoms with Crippen LogP contribution in [0.2, 0.25) is 0 Å². The van der Waals surface area contributed by atoms with Crippen molar-refractivity contribution >= 4 is 6.08 Å². The van der Waals surface area contributed by atoms with Crippen LogP contribution in [0.1, 0.15) is 57.1 Å². The summed E-state index contributed by atoms with van der Waals surface area (Å²) in [5.41, 5.74) is 5.51. The number of benzene rings is 1. The number of nitrogens with one attached hydrogen (secondary N) is 1. The number of rotatable bonds is 5. The van der Waals surface area contributed by atoms with Gasteiger partial charge in [-0.2, -0.15) is 0 Å². The van der Waals surface area contributed by atoms with E-state index in [2.05, 4.69) is 80.4 Å². The Morgan fingerprint density at radius 1 is 1.38 bits per heavy atom. The first-order valence-corrected chi connectivity index (χ1v) is 9.21. The Bertz CT molecular complexity index is 692. The first-order valence-electron chi connectivity index (χ1n) is 9.21. The lowest BCUT2D eigenvalue weighted by molar-refractivity contribution is 0.265. The van der Waals surface area contributed by atoms with Gasteiger partial charge in [0, 0.05) is 11.4 Å². The fourth-order valence-corrected chi connectivity index (χ4v) is 4.12. The van der Waals surface area contributed by atoms with Crippen LogP contribution < -0.4 is 5.32 Å². The summed E-state index contributed by atoms with van der Waals surface area (Å²) in [7, 11) is 0. The molecule has 1 aromatic rings. The first kappa shape index (κ1) is 16.8. The van der Waals surface area contributed by atoms with E-state index in [1.54, 1.807) is 0 Å². The molecule has 2 aliphatic rings. The molecular weight excluding hydrogens is 290 g/mol. The van der Waals surface area contributed by atoms with E-state index in [0.717, 1.165) is 31.4 Å². The van der Waals surface area contributed by atoms with Gasteiger partial charge in [0.05, 0.1) is 0 Å². The van der Waals surface area contributed by atoms with Crippen LogP contribution in [0.25, 0.3) is 6.08 Å². The molecule has 1 nitrogen and oxygen atoms in total. The van der Waals surface area contributed by atoms with Crippen molar-refractivity contribution in [3.8, 4) is 0 Å². The summed E-state index contributed by atoms with van der Waals surface area (Å²) in [5.74, 6) is 0.702. The van der Waals surface area contributed by atoms with E-state index in [4.69, 9.17) is 0 Å². The second-order valence-corrected chi connectivity index (χ2v) is 7.27. The predicted molar refractivity (Wildman–Crippen MR) is 105 cm³/mol. The Hall–Kier alpha value is -2.02. The zero-order valence-electron chi connectivity index (χ0n) is 15.0. The maximum Gasteiger partial charge on any atom is 0.0305 e. The van der Waals surface area contributed by atoms with Crippen LogP contribution in [0, 0.1) is 5.92 Å². The first-order chi connectivity index (χ1) is 11.6. The number of allylic oxidation sites excluding steroid dienone is 5. The molecule has 3 rings (SSSR count). The molecule has 2 atom stereocenters. The third-order valence-corrected chi connectivity index (χ3v) is 5.60. The molecular formula is C23H29N. The van der Waals surface area contributed by atoms with Gasteiger partial charge in [-0.1, -0.05) is 69.0 Å². The van der Waals surface area contributed by atoms with Gasteiger partial charge in [-0.25, -0.2) is 0 Å². The second-order valence-electron chi connectivity index (χ2n) is 7.27. The Morgan fingerprint density at radius 3 is 2.96 bits per heavy atom. The van der Waals surface area contributed by atoms with Gasteiger partial charge >= 0.3 is 0 Å². The van der Waals surface area contributed by atoms with Crippen LogP contribution in [-0.4, -0.2) is 0 Å². The van der Waals surface area contributed by atoms with Crippen LogP contribution in [0.5, 0.6) is 0 Å². The smallest absolute Gasteiger partial charge is 0.0305 e. The van der Waals surface area contributed by atoms with Gasteiger partial charge in [-0.15, -0.1) is 0 Å². The summed E-state index contributed by atoms with van der Waals surface area (Å²) in [6.45, 7) is 8.69. The molecule has 0 saturated carbocycles. The number of hydrogen-bond acceptors (Lipinski definition) is 1. The van der Waals surface area contributed by atoms with Crippen molar-refractivity contribution in [2.24, 2.45) is 5.92 Å². The van der Waals surface area contributed by atoms with Crippen LogP contribution in [0.15, 0.2) is 66.5 Å². The van der Waals surface area contributed by atoms with Crippen LogP contribution in [0.3, 0.4) is 0 Å². The molecule has 1 heteroatoms. The van der Waals surface area contributed by atoms with Crippen molar-refractivity contribution in [1.82, 2.24) is 5.32 Å². The van der Waals surface area contributed by atoms with Crippen molar-refractivity contribution in [3.05, 3.63) is 77.7 Å². The standard InChI is InChI=1S/C23H29N/c1-4-5-9-18(2)24-21-15-13-20(14-16-21)23(3)17-8-11-19-10-6-7-12-22(19)23/h5-12,15,20,24H,2,4,13-14,16-17H2,1,3H3/b9-5-/t20?,23-/m1/s1. The summed E-state index contributed by atoms with van der Waals surface area (Å²) in [6, 6.07) is 8.91. The molecule has 0 heterocycles. The number of fused-ring (bicyclic) bond motifs is 1. The Balaban J connectivity index is 1.71. The lowest BCUT2D eigenvalue weighted by Gasteiger charge is -2.42. The highest BCUT2D eigenvalue weighted by Crippen LogP contribution is 2.46. The molecule has 2 aliphatic carbocycles. The minimum Gasteiger partial charge on any atom is -0.360 e. The minimum absolute atomic E-state index is 0.256. The lowest BCUT2D eigenvalue weighted by atomic mass is 9.63. The summed E-state index contributed by atoms with van der Waals surface area (Å²) in [4.78, 5) is 0. The van der Waals surface area contributed by atoms with Crippen molar-refractivity contribution < 1.29 is 0 Å². The van der Waals surface area contributed by atoms with Crippen LogP contribution in [-0.2, 0) is 5.41 Å². The summed E-state index contributed by atoms with van der Waals surface area (Å²) >= 11 is 0. The lowest BCUT2D eigenvalue weighted by Crippen LogP contribution is -2.35. The molecule has 0 fully saturated rings. The maximum atomic E-state index is 4.09. The number of hydrogen-bond donors (Lipinski definition) is 1. The molecule has 0 bridgehead atoms. The topological polar surface area (TPSA) is 12.0 Å². The average Bonchev–Trinajstić information content (AvgIpc) is 2.61. The van der Waals surface area contributed by atoms with E-state index in [9.17, 15) is 0 Å². The van der Waals surface area contributed by atoms with E-state index < -0.39 is 0 Å². The SMILES string of the molecule is C=C(/C=C\CC)NC1=CCC([C@@]2(C)CC=Cc3ccccc32)CC1. The normalized spacial score (nSPS) is 26.1. The van der Waals surface area contributed by atoms with Gasteiger partial charge < -0.3 is 5.32 Å². The highest BCUT2D eigenvalue weighted by atomic mass is 14.9. The molecule has 0 aliphatic heterocycles. The van der Waals surface area contributed by atoms with Gasteiger partial charge in [0.25, 0.3) is 0 Å². The zero-order chi connectivity index (χ0) is 17.0. The van der Waals surface area contributed by atoms with Crippen molar-refractivity contribution in [1.29, 1.82) is 0 Å². The maximum absolute atomic E-state index is 4.09. The van der Waals surface area contributed by atoms with E-state index in [1.807, 2.05) is 0 Å². The second kappa shape index (κ2) is 7.25. The molecule has 0 amide bonds. The van der Waals surface area contributed by atoms with E-state index in [0.29, 0.717) is 5.92 Å². The molecule has 0 spiro atoms. The Labute approximate surface area is 146 Å². The van der Waals surface area contributed by atoms with E-state index >= 15 is 0 Å². The van der Waals surface area contributed by atoms with Crippen LogP contribution in [0.4, 0.5) is 0 Å². The van der Waals surface area contributed by atoms with Gasteiger partial charge in [0.1, 0.15) is 0 Å². The van der Waals surface area contributed by atoms with Crippen molar-refractivity contribution in [2.75, 3.05) is 0 Å². The molecule has 0 saturated heterocycles. The Kier molecular flexibility index (Phi) is 5.08. The van der Waals surface area contributed by atoms with Crippen LogP contribution >= 0.6 is 0 Å². The minimum atomic E-state index is 0.256. The third-order valence-electron chi connectivity index (χ3n) is 5.60. The van der Waals surface area contributed by atoms with E-state index in [-0.39, 0.29) is 5.41 Å². The molecule has 0 aromatic heterocycles. The zero-order valence-corrected chi connectivity index (χ0v) is 15.0.